The van der Waals surface area contributed by atoms with Crippen LogP contribution < -0.4 is 0 Å². The zero-order valence-corrected chi connectivity index (χ0v) is 9.10. The van der Waals surface area contributed by atoms with Gasteiger partial charge in [0, 0.05) is 6.42 Å². The summed E-state index contributed by atoms with van der Waals surface area (Å²) in [4.78, 5) is 0. The molecule has 1 aromatic rings. The van der Waals surface area contributed by atoms with Gasteiger partial charge >= 0.3 is 0 Å². The molecule has 0 aliphatic carbocycles. The van der Waals surface area contributed by atoms with Crippen molar-refractivity contribution in [3.05, 3.63) is 35.9 Å². The fraction of sp³-hybridized carbons (Fsp3) is 0.538. The van der Waals surface area contributed by atoms with Gasteiger partial charge in [-0.25, -0.2) is 0 Å². The van der Waals surface area contributed by atoms with Gasteiger partial charge in [-0.1, -0.05) is 43.7 Å². The van der Waals surface area contributed by atoms with Crippen molar-refractivity contribution in [2.75, 3.05) is 0 Å². The Balaban J connectivity index is 2.03. The monoisotopic (exact) mass is 206 g/mol. The van der Waals surface area contributed by atoms with Gasteiger partial charge in [0.05, 0.1) is 18.3 Å². The van der Waals surface area contributed by atoms with E-state index in [1.807, 2.05) is 18.2 Å². The highest BCUT2D eigenvalue weighted by Crippen LogP contribution is 2.34. The van der Waals surface area contributed by atoms with Crippen molar-refractivity contribution < 1.29 is 9.84 Å². The predicted octanol–water partition coefficient (Wildman–Crippen LogP) is 2.68. The summed E-state index contributed by atoms with van der Waals surface area (Å²) < 4.78 is 5.85. The third kappa shape index (κ3) is 2.39. The van der Waals surface area contributed by atoms with Gasteiger partial charge in [0.1, 0.15) is 0 Å². The van der Waals surface area contributed by atoms with E-state index in [0.29, 0.717) is 0 Å². The number of ether oxygens (including phenoxy) is 1. The number of rotatable bonds is 3. The van der Waals surface area contributed by atoms with Crippen LogP contribution in [0.2, 0.25) is 0 Å². The van der Waals surface area contributed by atoms with Gasteiger partial charge in [-0.3, -0.25) is 0 Å². The minimum Gasteiger partial charge on any atom is -0.390 e. The summed E-state index contributed by atoms with van der Waals surface area (Å²) in [5, 5.41) is 9.83. The Morgan fingerprint density at radius 2 is 2.07 bits per heavy atom. The van der Waals surface area contributed by atoms with E-state index in [1.54, 1.807) is 0 Å². The van der Waals surface area contributed by atoms with E-state index in [9.17, 15) is 5.11 Å². The highest BCUT2D eigenvalue weighted by molar-refractivity contribution is 5.18. The molecule has 0 unspecified atom stereocenters. The molecular weight excluding hydrogens is 188 g/mol. The third-order valence-electron chi connectivity index (χ3n) is 2.97. The van der Waals surface area contributed by atoms with Gasteiger partial charge in [-0.05, 0) is 12.0 Å². The fourth-order valence-electron chi connectivity index (χ4n) is 2.16. The highest BCUT2D eigenvalue weighted by atomic mass is 16.5. The molecule has 1 heterocycles. The lowest BCUT2D eigenvalue weighted by atomic mass is 10.0. The van der Waals surface area contributed by atoms with E-state index < -0.39 is 0 Å². The van der Waals surface area contributed by atoms with E-state index in [1.165, 1.54) is 5.56 Å². The van der Waals surface area contributed by atoms with Crippen molar-refractivity contribution in [3.63, 3.8) is 0 Å². The molecule has 0 spiro atoms. The lowest BCUT2D eigenvalue weighted by molar-refractivity contribution is 0.00449. The van der Waals surface area contributed by atoms with Crippen LogP contribution in [0.3, 0.4) is 0 Å². The minimum atomic E-state index is -0.296. The summed E-state index contributed by atoms with van der Waals surface area (Å²) in [5.41, 5.74) is 1.18. The molecule has 0 bridgehead atoms. The van der Waals surface area contributed by atoms with Gasteiger partial charge in [0.2, 0.25) is 0 Å². The van der Waals surface area contributed by atoms with E-state index in [-0.39, 0.29) is 18.3 Å². The van der Waals surface area contributed by atoms with Gasteiger partial charge in [0.25, 0.3) is 0 Å². The summed E-state index contributed by atoms with van der Waals surface area (Å²) >= 11 is 0. The molecular formula is C13H18O2. The first-order chi connectivity index (χ1) is 7.31. The molecule has 2 heteroatoms. The Hall–Kier alpha value is -0.860. The molecule has 2 rings (SSSR count). The fourth-order valence-corrected chi connectivity index (χ4v) is 2.16. The molecule has 3 atom stereocenters. The molecule has 2 nitrogen and oxygen atoms in total. The van der Waals surface area contributed by atoms with Crippen molar-refractivity contribution in [1.29, 1.82) is 0 Å². The van der Waals surface area contributed by atoms with Crippen LogP contribution >= 0.6 is 0 Å². The zero-order valence-electron chi connectivity index (χ0n) is 9.10. The molecule has 0 amide bonds. The van der Waals surface area contributed by atoms with Gasteiger partial charge < -0.3 is 9.84 Å². The molecule has 1 aromatic carbocycles. The maximum atomic E-state index is 9.83. The molecule has 1 N–H and O–H groups in total. The van der Waals surface area contributed by atoms with Crippen molar-refractivity contribution in [1.82, 2.24) is 0 Å². The van der Waals surface area contributed by atoms with Crippen LogP contribution in [0.25, 0.3) is 0 Å². The van der Waals surface area contributed by atoms with Gasteiger partial charge in [0.15, 0.2) is 0 Å². The smallest absolute Gasteiger partial charge is 0.0855 e. The largest absolute Gasteiger partial charge is 0.390 e. The number of benzene rings is 1. The molecule has 1 fully saturated rings. The van der Waals surface area contributed by atoms with Crippen LogP contribution in [0.15, 0.2) is 30.3 Å². The standard InChI is InChI=1S/C13H18O2/c1-2-6-12-11(14)9-13(15-12)10-7-4-3-5-8-10/h3-5,7-8,11-14H,2,6,9H2,1H3/t11-,12-,13-/m0/s1. The highest BCUT2D eigenvalue weighted by Gasteiger charge is 2.33. The van der Waals surface area contributed by atoms with E-state index >= 15 is 0 Å². The Morgan fingerprint density at radius 3 is 2.73 bits per heavy atom. The Bertz CT molecular complexity index is 297. The molecule has 0 saturated carbocycles. The van der Waals surface area contributed by atoms with Crippen LogP contribution in [-0.2, 0) is 4.74 Å². The Labute approximate surface area is 90.9 Å². The number of aliphatic hydroxyl groups excluding tert-OH is 1. The summed E-state index contributed by atoms with van der Waals surface area (Å²) in [6.07, 6.45) is 2.55. The first-order valence-electron chi connectivity index (χ1n) is 5.69. The Morgan fingerprint density at radius 1 is 1.33 bits per heavy atom. The quantitative estimate of drug-likeness (QED) is 0.824. The zero-order chi connectivity index (χ0) is 10.7. The van der Waals surface area contributed by atoms with Crippen molar-refractivity contribution in [3.8, 4) is 0 Å². The molecule has 0 radical (unpaired) electrons. The normalized spacial score (nSPS) is 30.7. The van der Waals surface area contributed by atoms with E-state index in [4.69, 9.17) is 4.74 Å². The van der Waals surface area contributed by atoms with Crippen molar-refractivity contribution in [2.45, 2.75) is 44.5 Å². The molecule has 1 saturated heterocycles. The minimum absolute atomic E-state index is 0.0280. The van der Waals surface area contributed by atoms with E-state index in [0.717, 1.165) is 19.3 Å². The number of hydrogen-bond acceptors (Lipinski definition) is 2. The van der Waals surface area contributed by atoms with Crippen LogP contribution in [0.5, 0.6) is 0 Å². The lowest BCUT2D eigenvalue weighted by Gasteiger charge is -2.13. The van der Waals surface area contributed by atoms with Crippen LogP contribution in [0.4, 0.5) is 0 Å². The molecule has 0 aromatic heterocycles. The first-order valence-corrected chi connectivity index (χ1v) is 5.69. The molecule has 15 heavy (non-hydrogen) atoms. The maximum absolute atomic E-state index is 9.83. The van der Waals surface area contributed by atoms with Gasteiger partial charge in [-0.15, -0.1) is 0 Å². The van der Waals surface area contributed by atoms with Crippen LogP contribution in [0, 0.1) is 0 Å². The van der Waals surface area contributed by atoms with E-state index in [2.05, 4.69) is 19.1 Å². The van der Waals surface area contributed by atoms with Crippen LogP contribution in [-0.4, -0.2) is 17.3 Å². The lowest BCUT2D eigenvalue weighted by Crippen LogP contribution is -2.19. The Kier molecular flexibility index (Phi) is 3.39. The average molecular weight is 206 g/mol. The van der Waals surface area contributed by atoms with Crippen molar-refractivity contribution >= 4 is 0 Å². The maximum Gasteiger partial charge on any atom is 0.0855 e. The third-order valence-corrected chi connectivity index (χ3v) is 2.97. The summed E-state index contributed by atoms with van der Waals surface area (Å²) in [7, 11) is 0. The molecule has 1 aliphatic heterocycles. The van der Waals surface area contributed by atoms with Gasteiger partial charge in [-0.2, -0.15) is 0 Å². The molecule has 1 aliphatic rings. The second kappa shape index (κ2) is 4.77. The predicted molar refractivity (Wildman–Crippen MR) is 59.6 cm³/mol. The summed E-state index contributed by atoms with van der Waals surface area (Å²) in [6, 6.07) is 10.1. The average Bonchev–Trinajstić information content (AvgIpc) is 2.63. The molecule has 82 valence electrons. The number of aliphatic hydroxyl groups is 1. The topological polar surface area (TPSA) is 29.5 Å². The first kappa shape index (κ1) is 10.7. The summed E-state index contributed by atoms with van der Waals surface area (Å²) in [6.45, 7) is 2.12. The summed E-state index contributed by atoms with van der Waals surface area (Å²) in [5.74, 6) is 0. The van der Waals surface area contributed by atoms with Crippen molar-refractivity contribution in [2.24, 2.45) is 0 Å². The second-order valence-electron chi connectivity index (χ2n) is 4.17. The number of hydrogen-bond donors (Lipinski definition) is 1. The second-order valence-corrected chi connectivity index (χ2v) is 4.17. The van der Waals surface area contributed by atoms with Crippen LogP contribution in [0.1, 0.15) is 37.9 Å². The SMILES string of the molecule is CCC[C@@H]1O[C@H](c2ccccc2)C[C@@H]1O.